The van der Waals surface area contributed by atoms with Crippen LogP contribution in [0.4, 0.5) is 5.82 Å². The summed E-state index contributed by atoms with van der Waals surface area (Å²) in [6.07, 6.45) is 1.75. The first-order valence-electron chi connectivity index (χ1n) is 9.00. The first kappa shape index (κ1) is 17.7. The Morgan fingerprint density at radius 1 is 0.893 bits per heavy atom. The zero-order chi connectivity index (χ0) is 19.3. The van der Waals surface area contributed by atoms with Gasteiger partial charge in [-0.15, -0.1) is 0 Å². The average Bonchev–Trinajstić information content (AvgIpc) is 2.74. The minimum absolute atomic E-state index is 0.667. The van der Waals surface area contributed by atoms with Gasteiger partial charge in [0.25, 0.3) is 0 Å². The van der Waals surface area contributed by atoms with Crippen LogP contribution in [0.3, 0.4) is 0 Å². The molecule has 3 aromatic carbocycles. The van der Waals surface area contributed by atoms with Crippen LogP contribution in [0.5, 0.6) is 5.75 Å². The van der Waals surface area contributed by atoms with Gasteiger partial charge in [0.1, 0.15) is 5.75 Å². The van der Waals surface area contributed by atoms with E-state index in [0.29, 0.717) is 11.6 Å². The van der Waals surface area contributed by atoms with Crippen molar-refractivity contribution >= 4 is 22.9 Å². The lowest BCUT2D eigenvalue weighted by atomic mass is 10.1. The molecule has 138 valence electrons. The molecule has 0 radical (unpaired) electrons. The summed E-state index contributed by atoms with van der Waals surface area (Å²) in [6.45, 7) is 2.06. The second kappa shape index (κ2) is 7.88. The molecule has 0 spiro atoms. The number of benzene rings is 3. The number of nitrogens with one attached hydrogen (secondary N) is 1. The molecule has 0 aliphatic carbocycles. The van der Waals surface area contributed by atoms with Gasteiger partial charge in [-0.05, 0) is 48.9 Å². The number of hydrogen-bond donors (Lipinski definition) is 1. The third-order valence-electron chi connectivity index (χ3n) is 4.41. The largest absolute Gasteiger partial charge is 0.497 e. The van der Waals surface area contributed by atoms with Crippen molar-refractivity contribution < 1.29 is 4.74 Å². The van der Waals surface area contributed by atoms with E-state index in [1.807, 2.05) is 60.7 Å². The van der Waals surface area contributed by atoms with Gasteiger partial charge < -0.3 is 4.74 Å². The van der Waals surface area contributed by atoms with E-state index in [-0.39, 0.29) is 0 Å². The average molecular weight is 368 g/mol. The fourth-order valence-electron chi connectivity index (χ4n) is 2.85. The number of hydrazone groups is 1. The molecular weight excluding hydrogens is 348 g/mol. The van der Waals surface area contributed by atoms with Crippen LogP contribution >= 0.6 is 0 Å². The minimum Gasteiger partial charge on any atom is -0.497 e. The topological polar surface area (TPSA) is 59.4 Å². The Morgan fingerprint density at radius 2 is 1.64 bits per heavy atom. The van der Waals surface area contributed by atoms with E-state index in [1.165, 1.54) is 5.56 Å². The number of aromatic nitrogens is 2. The molecule has 0 unspecified atom stereocenters. The van der Waals surface area contributed by atoms with E-state index >= 15 is 0 Å². The Balaban J connectivity index is 1.66. The molecule has 4 rings (SSSR count). The highest BCUT2D eigenvalue weighted by Crippen LogP contribution is 2.25. The molecule has 4 aromatic rings. The SMILES string of the molecule is COc1ccc(/C=N/Nc2nc(-c3ccc(C)cc3)nc3ccccc23)cc1. The maximum absolute atomic E-state index is 5.18. The summed E-state index contributed by atoms with van der Waals surface area (Å²) in [5.41, 5.74) is 7.08. The molecule has 1 N–H and O–H groups in total. The molecule has 0 saturated carbocycles. The molecule has 0 bridgehead atoms. The molecule has 0 aliphatic heterocycles. The number of anilines is 1. The van der Waals surface area contributed by atoms with Gasteiger partial charge in [0.15, 0.2) is 11.6 Å². The van der Waals surface area contributed by atoms with E-state index < -0.39 is 0 Å². The van der Waals surface area contributed by atoms with Crippen molar-refractivity contribution in [2.45, 2.75) is 6.92 Å². The summed E-state index contributed by atoms with van der Waals surface area (Å²) in [6, 6.07) is 23.8. The van der Waals surface area contributed by atoms with Crippen molar-refractivity contribution in [1.29, 1.82) is 0 Å². The predicted molar refractivity (Wildman–Crippen MR) is 114 cm³/mol. The lowest BCUT2D eigenvalue weighted by Gasteiger charge is -2.08. The Kier molecular flexibility index (Phi) is 4.97. The number of aryl methyl sites for hydroxylation is 1. The van der Waals surface area contributed by atoms with Crippen LogP contribution in [0.25, 0.3) is 22.3 Å². The molecule has 28 heavy (non-hydrogen) atoms. The number of fused-ring (bicyclic) bond motifs is 1. The van der Waals surface area contributed by atoms with Crippen molar-refractivity contribution in [2.24, 2.45) is 5.10 Å². The lowest BCUT2D eigenvalue weighted by molar-refractivity contribution is 0.415. The Morgan fingerprint density at radius 3 is 2.39 bits per heavy atom. The van der Waals surface area contributed by atoms with Gasteiger partial charge in [-0.2, -0.15) is 5.10 Å². The fraction of sp³-hybridized carbons (Fsp3) is 0.0870. The van der Waals surface area contributed by atoms with Gasteiger partial charge in [0.05, 0.1) is 18.8 Å². The van der Waals surface area contributed by atoms with Crippen molar-refractivity contribution in [3.63, 3.8) is 0 Å². The number of nitrogens with zero attached hydrogens (tertiary/aromatic N) is 3. The number of methoxy groups -OCH3 is 1. The zero-order valence-corrected chi connectivity index (χ0v) is 15.8. The van der Waals surface area contributed by atoms with E-state index in [1.54, 1.807) is 13.3 Å². The summed E-state index contributed by atoms with van der Waals surface area (Å²) in [4.78, 5) is 9.41. The predicted octanol–water partition coefficient (Wildman–Crippen LogP) is 5.06. The van der Waals surface area contributed by atoms with E-state index in [9.17, 15) is 0 Å². The molecule has 0 amide bonds. The summed E-state index contributed by atoms with van der Waals surface area (Å²) in [7, 11) is 1.65. The molecule has 0 aliphatic rings. The highest BCUT2D eigenvalue weighted by molar-refractivity contribution is 5.91. The molecular formula is C23H20N4O. The standard InChI is InChI=1S/C23H20N4O/c1-16-7-11-18(12-8-16)22-25-21-6-4-3-5-20(21)23(26-22)27-24-15-17-9-13-19(28-2)14-10-17/h3-15H,1-2H3,(H,25,26,27)/b24-15+. The maximum atomic E-state index is 5.18. The molecule has 0 fully saturated rings. The fourth-order valence-corrected chi connectivity index (χ4v) is 2.85. The van der Waals surface area contributed by atoms with Crippen LogP contribution in [0.2, 0.25) is 0 Å². The van der Waals surface area contributed by atoms with E-state index in [0.717, 1.165) is 27.8 Å². The van der Waals surface area contributed by atoms with Crippen LogP contribution in [-0.4, -0.2) is 23.3 Å². The van der Waals surface area contributed by atoms with Gasteiger partial charge in [0, 0.05) is 10.9 Å². The molecule has 1 heterocycles. The van der Waals surface area contributed by atoms with Gasteiger partial charge in [-0.25, -0.2) is 9.97 Å². The van der Waals surface area contributed by atoms with Gasteiger partial charge in [0.2, 0.25) is 0 Å². The minimum atomic E-state index is 0.667. The second-order valence-corrected chi connectivity index (χ2v) is 6.42. The van der Waals surface area contributed by atoms with Crippen LogP contribution in [0, 0.1) is 6.92 Å². The normalized spacial score (nSPS) is 11.1. The summed E-state index contributed by atoms with van der Waals surface area (Å²) < 4.78 is 5.18. The van der Waals surface area contributed by atoms with Crippen LogP contribution in [-0.2, 0) is 0 Å². The van der Waals surface area contributed by atoms with Crippen LogP contribution < -0.4 is 10.2 Å². The number of para-hydroxylation sites is 1. The van der Waals surface area contributed by atoms with E-state index in [2.05, 4.69) is 29.6 Å². The van der Waals surface area contributed by atoms with Crippen molar-refractivity contribution in [3.8, 4) is 17.1 Å². The Labute approximate surface area is 163 Å². The van der Waals surface area contributed by atoms with Crippen molar-refractivity contribution in [1.82, 2.24) is 9.97 Å². The monoisotopic (exact) mass is 368 g/mol. The third-order valence-corrected chi connectivity index (χ3v) is 4.41. The zero-order valence-electron chi connectivity index (χ0n) is 15.8. The highest BCUT2D eigenvalue weighted by atomic mass is 16.5. The van der Waals surface area contributed by atoms with Gasteiger partial charge >= 0.3 is 0 Å². The van der Waals surface area contributed by atoms with E-state index in [4.69, 9.17) is 14.7 Å². The van der Waals surface area contributed by atoms with Crippen LogP contribution in [0.15, 0.2) is 77.9 Å². The quantitative estimate of drug-likeness (QED) is 0.395. The first-order valence-corrected chi connectivity index (χ1v) is 9.00. The summed E-state index contributed by atoms with van der Waals surface area (Å²) in [5.74, 6) is 2.15. The highest BCUT2D eigenvalue weighted by Gasteiger charge is 2.08. The second-order valence-electron chi connectivity index (χ2n) is 6.42. The molecule has 0 saturated heterocycles. The Bertz CT molecular complexity index is 1120. The Hall–Kier alpha value is -3.73. The first-order chi connectivity index (χ1) is 13.7. The molecule has 5 nitrogen and oxygen atoms in total. The smallest absolute Gasteiger partial charge is 0.162 e. The maximum Gasteiger partial charge on any atom is 0.162 e. The van der Waals surface area contributed by atoms with Crippen LogP contribution in [0.1, 0.15) is 11.1 Å². The molecule has 5 heteroatoms. The van der Waals surface area contributed by atoms with Gasteiger partial charge in [-0.1, -0.05) is 42.0 Å². The number of hydrogen-bond acceptors (Lipinski definition) is 5. The molecule has 0 atom stereocenters. The number of rotatable bonds is 5. The van der Waals surface area contributed by atoms with Crippen molar-refractivity contribution in [3.05, 3.63) is 83.9 Å². The third kappa shape index (κ3) is 3.83. The number of ether oxygens (including phenoxy) is 1. The van der Waals surface area contributed by atoms with Crippen molar-refractivity contribution in [2.75, 3.05) is 12.5 Å². The summed E-state index contributed by atoms with van der Waals surface area (Å²) >= 11 is 0. The molecule has 1 aromatic heterocycles. The lowest BCUT2D eigenvalue weighted by Crippen LogP contribution is -1.99. The van der Waals surface area contributed by atoms with Gasteiger partial charge in [-0.3, -0.25) is 5.43 Å². The summed E-state index contributed by atoms with van der Waals surface area (Å²) in [5, 5.41) is 5.28.